The number of benzene rings is 3. The number of carbonyl (C=O) groups is 1. The van der Waals surface area contributed by atoms with Crippen LogP contribution in [0.1, 0.15) is 20.3 Å². The topological polar surface area (TPSA) is 84.3 Å². The van der Waals surface area contributed by atoms with Crippen molar-refractivity contribution in [2.75, 3.05) is 25.0 Å². The first-order valence-corrected chi connectivity index (χ1v) is 12.1. The van der Waals surface area contributed by atoms with Crippen molar-refractivity contribution < 1.29 is 13.2 Å². The number of amides is 1. The van der Waals surface area contributed by atoms with E-state index in [0.29, 0.717) is 34.9 Å². The van der Waals surface area contributed by atoms with Crippen molar-refractivity contribution in [1.82, 2.24) is 14.1 Å². The quantitative estimate of drug-likeness (QED) is 0.437. The molecule has 0 radical (unpaired) electrons. The molecule has 1 N–H and O–H groups in total. The summed E-state index contributed by atoms with van der Waals surface area (Å²) in [6.45, 7) is 6.58. The lowest BCUT2D eigenvalue weighted by Crippen LogP contribution is -2.27. The second-order valence-corrected chi connectivity index (χ2v) is 9.30. The summed E-state index contributed by atoms with van der Waals surface area (Å²) in [6, 6.07) is 17.7. The second-order valence-electron chi connectivity index (χ2n) is 7.57. The summed E-state index contributed by atoms with van der Waals surface area (Å²) in [5.41, 5.74) is 0.955. The van der Waals surface area contributed by atoms with Gasteiger partial charge >= 0.3 is 0 Å². The molecule has 0 saturated carbocycles. The van der Waals surface area contributed by atoms with E-state index in [9.17, 15) is 13.2 Å². The van der Waals surface area contributed by atoms with E-state index in [1.165, 1.54) is 6.20 Å². The zero-order valence-corrected chi connectivity index (χ0v) is 19.0. The zero-order chi connectivity index (χ0) is 22.7. The van der Waals surface area contributed by atoms with Gasteiger partial charge in [0.05, 0.1) is 16.6 Å². The molecule has 0 spiro atoms. The number of carbonyl (C=O) groups excluding carboxylic acids is 1. The van der Waals surface area contributed by atoms with Crippen LogP contribution < -0.4 is 5.32 Å². The minimum absolute atomic E-state index is 0.112. The molecule has 3 aromatic carbocycles. The number of anilines is 1. The van der Waals surface area contributed by atoms with Crippen molar-refractivity contribution in [3.63, 3.8) is 0 Å². The zero-order valence-electron chi connectivity index (χ0n) is 18.2. The van der Waals surface area contributed by atoms with Crippen LogP contribution in [0.25, 0.3) is 21.7 Å². The molecule has 0 fully saturated rings. The van der Waals surface area contributed by atoms with Gasteiger partial charge in [0.2, 0.25) is 5.91 Å². The van der Waals surface area contributed by atoms with Crippen LogP contribution in [-0.4, -0.2) is 48.0 Å². The summed E-state index contributed by atoms with van der Waals surface area (Å²) in [6.07, 6.45) is 1.89. The predicted octanol–water partition coefficient (Wildman–Crippen LogP) is 4.10. The van der Waals surface area contributed by atoms with Gasteiger partial charge in [-0.2, -0.15) is 17.6 Å². The van der Waals surface area contributed by atoms with E-state index >= 15 is 0 Å². The Morgan fingerprint density at radius 2 is 1.75 bits per heavy atom. The lowest BCUT2D eigenvalue weighted by Gasteiger charge is -2.17. The van der Waals surface area contributed by atoms with E-state index in [4.69, 9.17) is 0 Å². The van der Waals surface area contributed by atoms with Crippen molar-refractivity contribution in [3.05, 3.63) is 66.9 Å². The van der Waals surface area contributed by atoms with E-state index in [1.54, 1.807) is 36.4 Å². The molecule has 4 aromatic rings. The largest absolute Gasteiger partial charge is 0.326 e. The van der Waals surface area contributed by atoms with Crippen LogP contribution in [0.4, 0.5) is 5.69 Å². The smallest absolute Gasteiger partial charge is 0.284 e. The van der Waals surface area contributed by atoms with Crippen LogP contribution in [-0.2, 0) is 14.8 Å². The lowest BCUT2D eigenvalue weighted by molar-refractivity contribution is -0.116. The van der Waals surface area contributed by atoms with Crippen molar-refractivity contribution in [3.8, 4) is 0 Å². The molecule has 0 bridgehead atoms. The third kappa shape index (κ3) is 4.24. The minimum Gasteiger partial charge on any atom is -0.326 e. The highest BCUT2D eigenvalue weighted by Gasteiger charge is 2.23. The molecule has 0 saturated heterocycles. The second kappa shape index (κ2) is 9.10. The maximum absolute atomic E-state index is 13.5. The highest BCUT2D eigenvalue weighted by Crippen LogP contribution is 2.28. The molecule has 0 aliphatic rings. The molecule has 4 rings (SSSR count). The number of fused-ring (bicyclic) bond motifs is 2. The fourth-order valence-corrected chi connectivity index (χ4v) is 5.29. The Labute approximate surface area is 187 Å². The van der Waals surface area contributed by atoms with Gasteiger partial charge in [0.15, 0.2) is 0 Å². The molecule has 32 heavy (non-hydrogen) atoms. The monoisotopic (exact) mass is 450 g/mol. The van der Waals surface area contributed by atoms with E-state index in [-0.39, 0.29) is 10.8 Å². The highest BCUT2D eigenvalue weighted by molar-refractivity contribution is 7.90. The molecular weight excluding hydrogens is 424 g/mol. The Kier molecular flexibility index (Phi) is 6.25. The van der Waals surface area contributed by atoms with Gasteiger partial charge in [0.25, 0.3) is 10.0 Å². The van der Waals surface area contributed by atoms with Crippen LogP contribution in [0.2, 0.25) is 0 Å². The number of hydrogen-bond donors (Lipinski definition) is 1. The van der Waals surface area contributed by atoms with Crippen LogP contribution in [0, 0.1) is 0 Å². The first-order valence-electron chi connectivity index (χ1n) is 10.7. The molecule has 1 aromatic heterocycles. The highest BCUT2D eigenvalue weighted by atomic mass is 32.2. The Morgan fingerprint density at radius 1 is 1.00 bits per heavy atom. The van der Waals surface area contributed by atoms with Crippen LogP contribution >= 0.6 is 0 Å². The summed E-state index contributed by atoms with van der Waals surface area (Å²) in [4.78, 5) is 14.8. The number of aromatic nitrogens is 2. The van der Waals surface area contributed by atoms with E-state index in [2.05, 4.69) is 29.2 Å². The lowest BCUT2D eigenvalue weighted by atomic mass is 10.1. The Hall–Kier alpha value is -3.23. The normalized spacial score (nSPS) is 12.0. The Balaban J connectivity index is 1.66. The van der Waals surface area contributed by atoms with Gasteiger partial charge in [-0.15, -0.1) is 0 Å². The molecule has 0 unspecified atom stereocenters. The third-order valence-corrected chi connectivity index (χ3v) is 7.28. The molecule has 166 valence electrons. The average molecular weight is 451 g/mol. The fraction of sp³-hybridized carbons (Fsp3) is 0.250. The van der Waals surface area contributed by atoms with Gasteiger partial charge in [-0.25, -0.2) is 0 Å². The molecule has 1 heterocycles. The predicted molar refractivity (Wildman–Crippen MR) is 127 cm³/mol. The van der Waals surface area contributed by atoms with Crippen LogP contribution in [0.5, 0.6) is 0 Å². The van der Waals surface area contributed by atoms with Gasteiger partial charge in [-0.3, -0.25) is 4.79 Å². The number of hydrogen-bond acceptors (Lipinski definition) is 5. The van der Waals surface area contributed by atoms with Crippen molar-refractivity contribution in [2.45, 2.75) is 25.2 Å². The van der Waals surface area contributed by atoms with Gasteiger partial charge in [-0.1, -0.05) is 50.2 Å². The van der Waals surface area contributed by atoms with Gasteiger partial charge in [0.1, 0.15) is 0 Å². The maximum Gasteiger partial charge on any atom is 0.284 e. The van der Waals surface area contributed by atoms with Gasteiger partial charge < -0.3 is 10.2 Å². The van der Waals surface area contributed by atoms with E-state index < -0.39 is 10.0 Å². The number of nitrogens with zero attached hydrogens (tertiary/aromatic N) is 3. The SMILES string of the molecule is CCN(CC)CCC(=O)Nc1ccc2cnn(S(=O)(=O)c3cccc4ccccc34)c2c1. The summed E-state index contributed by atoms with van der Waals surface area (Å²) < 4.78 is 28.1. The number of rotatable bonds is 8. The molecule has 8 heteroatoms. The van der Waals surface area contributed by atoms with Gasteiger partial charge in [0, 0.05) is 29.4 Å². The molecule has 0 atom stereocenters. The standard InChI is InChI=1S/C24H26N4O3S/c1-3-27(4-2)15-14-24(29)26-20-13-12-19-17-25-28(22(19)16-20)32(30,31)23-11-7-9-18-8-5-6-10-21(18)23/h5-13,16-17H,3-4,14-15H2,1-2H3,(H,26,29). The fourth-order valence-electron chi connectivity index (χ4n) is 3.80. The molecule has 7 nitrogen and oxygen atoms in total. The number of nitrogens with one attached hydrogen (secondary N) is 1. The Morgan fingerprint density at radius 3 is 2.53 bits per heavy atom. The summed E-state index contributed by atoms with van der Waals surface area (Å²) >= 11 is 0. The molecule has 1 amide bonds. The summed E-state index contributed by atoms with van der Waals surface area (Å²) in [7, 11) is -3.94. The third-order valence-electron chi connectivity index (χ3n) is 5.63. The van der Waals surface area contributed by atoms with Crippen molar-refractivity contribution in [2.24, 2.45) is 0 Å². The van der Waals surface area contributed by atoms with E-state index in [0.717, 1.165) is 22.6 Å². The minimum atomic E-state index is -3.94. The maximum atomic E-state index is 13.5. The summed E-state index contributed by atoms with van der Waals surface area (Å²) in [5, 5.41) is 9.19. The molecule has 0 aliphatic heterocycles. The van der Waals surface area contributed by atoms with E-state index in [1.807, 2.05) is 24.3 Å². The average Bonchev–Trinajstić information content (AvgIpc) is 3.23. The van der Waals surface area contributed by atoms with Crippen LogP contribution in [0.15, 0.2) is 71.8 Å². The first kappa shape index (κ1) is 22.0. The van der Waals surface area contributed by atoms with Crippen molar-refractivity contribution in [1.29, 1.82) is 0 Å². The van der Waals surface area contributed by atoms with Crippen LogP contribution in [0.3, 0.4) is 0 Å². The van der Waals surface area contributed by atoms with Crippen molar-refractivity contribution >= 4 is 43.3 Å². The van der Waals surface area contributed by atoms with Gasteiger partial charge in [-0.05, 0) is 42.7 Å². The summed E-state index contributed by atoms with van der Waals surface area (Å²) in [5.74, 6) is -0.112. The molecular formula is C24H26N4O3S. The first-order chi connectivity index (χ1) is 15.4. The molecule has 0 aliphatic carbocycles. The Bertz CT molecular complexity index is 1370.